The number of amides is 1. The topological polar surface area (TPSA) is 52.6 Å². The Hall–Kier alpha value is -4.41. The van der Waals surface area contributed by atoms with Crippen molar-refractivity contribution in [3.8, 4) is 0 Å². The van der Waals surface area contributed by atoms with Crippen molar-refractivity contribution in [3.63, 3.8) is 0 Å². The zero-order chi connectivity index (χ0) is 31.6. The molecule has 43 heavy (non-hydrogen) atoms. The molecule has 4 nitrogen and oxygen atoms in total. The molecule has 0 spiro atoms. The van der Waals surface area contributed by atoms with E-state index in [9.17, 15) is 9.90 Å². The molecule has 1 amide bonds. The van der Waals surface area contributed by atoms with Crippen molar-refractivity contribution in [1.82, 2.24) is 5.32 Å². The Bertz CT molecular complexity index is 1530. The second-order valence-corrected chi connectivity index (χ2v) is 10.8. The Kier molecular flexibility index (Phi) is 11.7. The fraction of sp³-hybridized carbons (Fsp3) is 0.256. The highest BCUT2D eigenvalue weighted by Crippen LogP contribution is 2.39. The van der Waals surface area contributed by atoms with Crippen LogP contribution in [0.5, 0.6) is 0 Å². The van der Waals surface area contributed by atoms with Gasteiger partial charge in [0.1, 0.15) is 11.3 Å². The monoisotopic (exact) mass is 574 g/mol. The van der Waals surface area contributed by atoms with E-state index in [1.54, 1.807) is 6.08 Å². The lowest BCUT2D eigenvalue weighted by Crippen LogP contribution is -2.57. The highest BCUT2D eigenvalue weighted by Gasteiger charge is 2.43. The molecule has 4 rings (SSSR count). The SMILES string of the molecule is C=Cc1ccc(CC2(C)NC(c3ccccc3)c3cc(C)ccc3N(CC(/C=C\C)=C/C(=C)O)C2=O)cc1/C=C\C.CC. The summed E-state index contributed by atoms with van der Waals surface area (Å²) in [5, 5.41) is 13.8. The van der Waals surface area contributed by atoms with Gasteiger partial charge in [-0.15, -0.1) is 0 Å². The molecule has 3 aromatic rings. The van der Waals surface area contributed by atoms with Crippen LogP contribution < -0.4 is 10.2 Å². The summed E-state index contributed by atoms with van der Waals surface area (Å²) in [6.07, 6.45) is 11.8. The Morgan fingerprint density at radius 1 is 1.02 bits per heavy atom. The smallest absolute Gasteiger partial charge is 0.247 e. The lowest BCUT2D eigenvalue weighted by atomic mass is 9.87. The number of anilines is 1. The largest absolute Gasteiger partial charge is 0.509 e. The highest BCUT2D eigenvalue weighted by molar-refractivity contribution is 6.02. The second kappa shape index (κ2) is 15.2. The molecule has 3 aromatic carbocycles. The fourth-order valence-corrected chi connectivity index (χ4v) is 5.62. The van der Waals surface area contributed by atoms with Gasteiger partial charge in [0.05, 0.1) is 12.6 Å². The average molecular weight is 575 g/mol. The predicted molar refractivity (Wildman–Crippen MR) is 184 cm³/mol. The number of carbonyl (C=O) groups excluding carboxylic acids is 1. The van der Waals surface area contributed by atoms with Crippen molar-refractivity contribution >= 4 is 23.7 Å². The Labute approximate surface area is 258 Å². The first-order chi connectivity index (χ1) is 20.7. The van der Waals surface area contributed by atoms with Crippen LogP contribution in [0.25, 0.3) is 12.2 Å². The zero-order valence-corrected chi connectivity index (χ0v) is 26.5. The van der Waals surface area contributed by atoms with E-state index in [4.69, 9.17) is 0 Å². The molecule has 224 valence electrons. The molecule has 0 saturated heterocycles. The van der Waals surface area contributed by atoms with E-state index in [-0.39, 0.29) is 24.3 Å². The fourth-order valence-electron chi connectivity index (χ4n) is 5.62. The maximum absolute atomic E-state index is 14.8. The van der Waals surface area contributed by atoms with E-state index in [0.717, 1.165) is 44.6 Å². The van der Waals surface area contributed by atoms with Crippen LogP contribution in [-0.2, 0) is 11.2 Å². The van der Waals surface area contributed by atoms with Crippen molar-refractivity contribution in [1.29, 1.82) is 0 Å². The molecule has 0 fully saturated rings. The molecule has 1 aliphatic heterocycles. The number of aliphatic hydroxyl groups is 1. The van der Waals surface area contributed by atoms with Gasteiger partial charge in [0.15, 0.2) is 0 Å². The van der Waals surface area contributed by atoms with E-state index in [1.165, 1.54) is 0 Å². The number of carbonyl (C=O) groups is 1. The summed E-state index contributed by atoms with van der Waals surface area (Å²) in [4.78, 5) is 16.6. The number of nitrogens with one attached hydrogen (secondary N) is 1. The lowest BCUT2D eigenvalue weighted by molar-refractivity contribution is -0.124. The molecule has 1 heterocycles. The number of aryl methyl sites for hydroxylation is 1. The van der Waals surface area contributed by atoms with Crippen LogP contribution in [0, 0.1) is 6.92 Å². The van der Waals surface area contributed by atoms with Gasteiger partial charge in [0.25, 0.3) is 0 Å². The first kappa shape index (κ1) is 33.1. The number of benzene rings is 3. The third-order valence-electron chi connectivity index (χ3n) is 7.45. The van der Waals surface area contributed by atoms with Crippen LogP contribution in [0.3, 0.4) is 0 Å². The predicted octanol–water partition coefficient (Wildman–Crippen LogP) is 9.30. The first-order valence-electron chi connectivity index (χ1n) is 15.0. The van der Waals surface area contributed by atoms with Gasteiger partial charge >= 0.3 is 0 Å². The number of hydrogen-bond acceptors (Lipinski definition) is 3. The van der Waals surface area contributed by atoms with Crippen LogP contribution in [0.2, 0.25) is 0 Å². The third-order valence-corrected chi connectivity index (χ3v) is 7.45. The van der Waals surface area contributed by atoms with Crippen molar-refractivity contribution in [2.45, 2.75) is 59.5 Å². The van der Waals surface area contributed by atoms with E-state index >= 15 is 0 Å². The van der Waals surface area contributed by atoms with Crippen LogP contribution in [0.15, 0.2) is 116 Å². The number of rotatable bonds is 9. The molecule has 2 N–H and O–H groups in total. The molecule has 0 radical (unpaired) electrons. The summed E-state index contributed by atoms with van der Waals surface area (Å²) >= 11 is 0. The maximum Gasteiger partial charge on any atom is 0.247 e. The molecule has 0 saturated carbocycles. The summed E-state index contributed by atoms with van der Waals surface area (Å²) in [6, 6.07) is 22.6. The van der Waals surface area contributed by atoms with E-state index in [0.29, 0.717) is 6.42 Å². The maximum atomic E-state index is 14.8. The quantitative estimate of drug-likeness (QED) is 0.198. The Balaban J connectivity index is 0.00000248. The van der Waals surface area contributed by atoms with Gasteiger partial charge in [-0.1, -0.05) is 124 Å². The molecule has 0 bridgehead atoms. The summed E-state index contributed by atoms with van der Waals surface area (Å²) in [5.41, 5.74) is 7.09. The van der Waals surface area contributed by atoms with Crippen molar-refractivity contribution in [2.75, 3.05) is 11.4 Å². The molecule has 0 aromatic heterocycles. The number of fused-ring (bicyclic) bond motifs is 1. The van der Waals surface area contributed by atoms with E-state index < -0.39 is 5.54 Å². The molecular formula is C39H46N2O2. The van der Waals surface area contributed by atoms with E-state index in [1.807, 2.05) is 94.2 Å². The number of allylic oxidation sites excluding steroid dienone is 3. The average Bonchev–Trinajstić information content (AvgIpc) is 3.08. The van der Waals surface area contributed by atoms with Gasteiger partial charge < -0.3 is 10.0 Å². The molecule has 0 aliphatic carbocycles. The normalized spacial score (nSPS) is 18.7. The van der Waals surface area contributed by atoms with Crippen LogP contribution in [-0.4, -0.2) is 23.1 Å². The van der Waals surface area contributed by atoms with Gasteiger partial charge in [0, 0.05) is 5.69 Å². The molecule has 4 heteroatoms. The molecule has 1 aliphatic rings. The molecule has 2 atom stereocenters. The van der Waals surface area contributed by atoms with Crippen molar-refractivity contribution in [3.05, 3.63) is 149 Å². The summed E-state index contributed by atoms with van der Waals surface area (Å²) < 4.78 is 0. The number of hydrogen-bond donors (Lipinski definition) is 2. The van der Waals surface area contributed by atoms with Gasteiger partial charge in [-0.05, 0) is 79.6 Å². The summed E-state index contributed by atoms with van der Waals surface area (Å²) in [7, 11) is 0. The third kappa shape index (κ3) is 7.91. The molecular weight excluding hydrogens is 528 g/mol. The number of aliphatic hydroxyl groups excluding tert-OH is 1. The van der Waals surface area contributed by atoms with Crippen LogP contribution in [0.4, 0.5) is 5.69 Å². The minimum absolute atomic E-state index is 0.0413. The Morgan fingerprint density at radius 2 is 1.74 bits per heavy atom. The Morgan fingerprint density at radius 3 is 2.37 bits per heavy atom. The van der Waals surface area contributed by atoms with Gasteiger partial charge in [-0.2, -0.15) is 0 Å². The van der Waals surface area contributed by atoms with Crippen molar-refractivity contribution < 1.29 is 9.90 Å². The van der Waals surface area contributed by atoms with Gasteiger partial charge in [-0.25, -0.2) is 0 Å². The van der Waals surface area contributed by atoms with Gasteiger partial charge in [0.2, 0.25) is 5.91 Å². The molecule has 2 unspecified atom stereocenters. The lowest BCUT2D eigenvalue weighted by Gasteiger charge is -2.34. The first-order valence-corrected chi connectivity index (χ1v) is 15.0. The zero-order valence-electron chi connectivity index (χ0n) is 26.5. The minimum atomic E-state index is -0.951. The van der Waals surface area contributed by atoms with Gasteiger partial charge in [-0.3, -0.25) is 10.1 Å². The standard InChI is InChI=1S/C37H40N2O2.C2H6/c1-7-13-29(22-27(5)40)25-39-34-20-17-26(4)21-33(34)35(31-15-11-10-12-16-31)38-37(6,36(39)41)24-28-18-19-30(9-3)32(23-28)14-8-2;1-2/h7-23,35,38,40H,3,5,24-25H2,1-2,4,6H3;1-2H3/b13-7-,14-8-,29-22+;. The minimum Gasteiger partial charge on any atom is -0.509 e. The highest BCUT2D eigenvalue weighted by atomic mass is 16.3. The summed E-state index contributed by atoms with van der Waals surface area (Å²) in [6.45, 7) is 19.9. The summed E-state index contributed by atoms with van der Waals surface area (Å²) in [5.74, 6) is -0.0910. The van der Waals surface area contributed by atoms with Crippen LogP contribution in [0.1, 0.15) is 74.0 Å². The van der Waals surface area contributed by atoms with E-state index in [2.05, 4.69) is 67.9 Å². The van der Waals surface area contributed by atoms with Crippen molar-refractivity contribution in [2.24, 2.45) is 0 Å². The number of nitrogens with zero attached hydrogens (tertiary/aromatic N) is 1. The van der Waals surface area contributed by atoms with Crippen LogP contribution >= 0.6 is 0 Å². The second-order valence-electron chi connectivity index (χ2n) is 10.8.